The van der Waals surface area contributed by atoms with Gasteiger partial charge in [0.15, 0.2) is 5.65 Å². The zero-order valence-electron chi connectivity index (χ0n) is 16.8. The quantitative estimate of drug-likeness (QED) is 0.307. The number of nitriles is 1. The van der Waals surface area contributed by atoms with E-state index in [1.165, 1.54) is 0 Å². The molecule has 0 saturated heterocycles. The first-order chi connectivity index (χ1) is 15.2. The first kappa shape index (κ1) is 19.2. The van der Waals surface area contributed by atoms with Gasteiger partial charge in [0.05, 0.1) is 16.6 Å². The van der Waals surface area contributed by atoms with Crippen LogP contribution in [0.5, 0.6) is 5.75 Å². The van der Waals surface area contributed by atoms with E-state index in [1.807, 2.05) is 90.2 Å². The Morgan fingerprint density at radius 3 is 2.42 bits per heavy atom. The molecule has 0 radical (unpaired) electrons. The third kappa shape index (κ3) is 3.30. The fourth-order valence-corrected chi connectivity index (χ4v) is 4.30. The number of nitrogens with zero attached hydrogens (tertiary/aromatic N) is 3. The van der Waals surface area contributed by atoms with Crippen molar-refractivity contribution in [2.45, 2.75) is 13.5 Å². The summed E-state index contributed by atoms with van der Waals surface area (Å²) in [4.78, 5) is 4.65. The van der Waals surface area contributed by atoms with Crippen LogP contribution in [0, 0.1) is 18.3 Å². The molecule has 31 heavy (non-hydrogen) atoms. The van der Waals surface area contributed by atoms with Gasteiger partial charge in [-0.25, -0.2) is 4.98 Å². The maximum atomic E-state index is 9.86. The number of para-hydroxylation sites is 2. The zero-order valence-corrected chi connectivity index (χ0v) is 17.6. The predicted octanol–water partition coefficient (Wildman–Crippen LogP) is 6.57. The predicted molar refractivity (Wildman–Crippen MR) is 123 cm³/mol. The summed E-state index contributed by atoms with van der Waals surface area (Å²) >= 11 is 6.89. The van der Waals surface area contributed by atoms with Crippen molar-refractivity contribution in [3.63, 3.8) is 0 Å². The lowest BCUT2D eigenvalue weighted by molar-refractivity contribution is 0.306. The molecular weight excluding hydrogens is 406 g/mol. The highest BCUT2D eigenvalue weighted by atomic mass is 35.5. The minimum atomic E-state index is 0.505. The van der Waals surface area contributed by atoms with Gasteiger partial charge in [-0.05, 0) is 47.9 Å². The lowest BCUT2D eigenvalue weighted by atomic mass is 9.99. The summed E-state index contributed by atoms with van der Waals surface area (Å²) in [6.07, 6.45) is 0. The maximum absolute atomic E-state index is 9.86. The molecule has 0 amide bonds. The molecule has 3 aromatic carbocycles. The molecule has 0 aliphatic rings. The van der Waals surface area contributed by atoms with E-state index in [2.05, 4.69) is 11.1 Å². The van der Waals surface area contributed by atoms with Crippen molar-refractivity contribution >= 4 is 28.3 Å². The van der Waals surface area contributed by atoms with Gasteiger partial charge in [-0.15, -0.1) is 0 Å². The van der Waals surface area contributed by atoms with Gasteiger partial charge in [-0.1, -0.05) is 66.2 Å². The number of rotatable bonds is 4. The standard InChI is InChI=1S/C26H18ClN3O/c1-17-21(15-28)26-29-22-9-5-6-10-23(22)30(26)25(27)24(17)19-11-13-20(14-12-19)31-16-18-7-3-2-4-8-18/h2-14H,16H2,1H3. The lowest BCUT2D eigenvalue weighted by Crippen LogP contribution is -2.00. The molecule has 2 heterocycles. The van der Waals surface area contributed by atoms with Gasteiger partial charge >= 0.3 is 0 Å². The van der Waals surface area contributed by atoms with Gasteiger partial charge in [0.1, 0.15) is 23.6 Å². The van der Waals surface area contributed by atoms with Crippen molar-refractivity contribution in [1.29, 1.82) is 5.26 Å². The van der Waals surface area contributed by atoms with Crippen LogP contribution in [0.2, 0.25) is 5.15 Å². The highest BCUT2D eigenvalue weighted by molar-refractivity contribution is 6.33. The summed E-state index contributed by atoms with van der Waals surface area (Å²) < 4.78 is 7.76. The minimum absolute atomic E-state index is 0.505. The van der Waals surface area contributed by atoms with E-state index in [0.29, 0.717) is 23.0 Å². The molecule has 0 aliphatic carbocycles. The van der Waals surface area contributed by atoms with Crippen LogP contribution in [0.25, 0.3) is 27.8 Å². The van der Waals surface area contributed by atoms with Crippen LogP contribution in [-0.4, -0.2) is 9.38 Å². The summed E-state index contributed by atoms with van der Waals surface area (Å²) in [6.45, 7) is 2.42. The monoisotopic (exact) mass is 423 g/mol. The van der Waals surface area contributed by atoms with Crippen LogP contribution >= 0.6 is 11.6 Å². The van der Waals surface area contributed by atoms with Crippen molar-refractivity contribution in [3.8, 4) is 22.9 Å². The Balaban J connectivity index is 1.58. The number of halogens is 1. The Hall–Kier alpha value is -3.81. The summed E-state index contributed by atoms with van der Waals surface area (Å²) in [6, 6.07) is 27.9. The first-order valence-corrected chi connectivity index (χ1v) is 10.3. The summed E-state index contributed by atoms with van der Waals surface area (Å²) in [7, 11) is 0. The van der Waals surface area contributed by atoms with E-state index in [0.717, 1.165) is 39.0 Å². The van der Waals surface area contributed by atoms with Crippen molar-refractivity contribution in [1.82, 2.24) is 9.38 Å². The number of pyridine rings is 1. The van der Waals surface area contributed by atoms with Crippen molar-refractivity contribution in [2.75, 3.05) is 0 Å². The van der Waals surface area contributed by atoms with Gasteiger partial charge < -0.3 is 4.74 Å². The molecule has 5 aromatic rings. The number of hydrogen-bond acceptors (Lipinski definition) is 3. The molecule has 2 aromatic heterocycles. The van der Waals surface area contributed by atoms with Gasteiger partial charge in [0, 0.05) is 5.56 Å². The molecule has 0 unspecified atom stereocenters. The molecule has 5 rings (SSSR count). The Morgan fingerprint density at radius 2 is 1.68 bits per heavy atom. The van der Waals surface area contributed by atoms with E-state index in [9.17, 15) is 5.26 Å². The third-order valence-electron chi connectivity index (χ3n) is 5.44. The molecule has 0 bridgehead atoms. The van der Waals surface area contributed by atoms with Crippen LogP contribution in [-0.2, 0) is 6.61 Å². The Kier molecular flexibility index (Phi) is 4.82. The molecule has 0 spiro atoms. The lowest BCUT2D eigenvalue weighted by Gasteiger charge is -2.14. The average Bonchev–Trinajstić information content (AvgIpc) is 3.19. The van der Waals surface area contributed by atoms with Crippen LogP contribution in [0.15, 0.2) is 78.9 Å². The van der Waals surface area contributed by atoms with Crippen LogP contribution in [0.1, 0.15) is 16.7 Å². The SMILES string of the molecule is Cc1c(-c2ccc(OCc3ccccc3)cc2)c(Cl)n2c(nc3ccccc32)c1C#N. The van der Waals surface area contributed by atoms with E-state index in [4.69, 9.17) is 16.3 Å². The number of fused-ring (bicyclic) bond motifs is 3. The Labute approximate surface area is 184 Å². The van der Waals surface area contributed by atoms with Crippen LogP contribution in [0.4, 0.5) is 0 Å². The molecule has 150 valence electrons. The Bertz CT molecular complexity index is 1450. The van der Waals surface area contributed by atoms with Gasteiger partial charge in [0.2, 0.25) is 0 Å². The van der Waals surface area contributed by atoms with Crippen LogP contribution in [0.3, 0.4) is 0 Å². The summed E-state index contributed by atoms with van der Waals surface area (Å²) in [5.74, 6) is 0.774. The molecule has 0 N–H and O–H groups in total. The highest BCUT2D eigenvalue weighted by Crippen LogP contribution is 2.37. The second-order valence-corrected chi connectivity index (χ2v) is 7.69. The normalized spacial score (nSPS) is 11.0. The minimum Gasteiger partial charge on any atom is -0.489 e. The van der Waals surface area contributed by atoms with E-state index in [1.54, 1.807) is 0 Å². The molecule has 4 nitrogen and oxygen atoms in total. The smallest absolute Gasteiger partial charge is 0.157 e. The number of aromatic nitrogens is 2. The number of benzene rings is 3. The first-order valence-electron chi connectivity index (χ1n) is 9.94. The maximum Gasteiger partial charge on any atom is 0.157 e. The fourth-order valence-electron chi connectivity index (χ4n) is 3.88. The molecule has 0 atom stereocenters. The van der Waals surface area contributed by atoms with Gasteiger partial charge in [-0.2, -0.15) is 5.26 Å². The topological polar surface area (TPSA) is 50.3 Å². The van der Waals surface area contributed by atoms with Crippen molar-refractivity contribution in [3.05, 3.63) is 101 Å². The zero-order chi connectivity index (χ0) is 21.4. The van der Waals surface area contributed by atoms with E-state index >= 15 is 0 Å². The summed E-state index contributed by atoms with van der Waals surface area (Å²) in [5.41, 5.74) is 6.46. The van der Waals surface area contributed by atoms with Crippen molar-refractivity contribution in [2.24, 2.45) is 0 Å². The van der Waals surface area contributed by atoms with Gasteiger partial charge in [-0.3, -0.25) is 4.40 Å². The Morgan fingerprint density at radius 1 is 0.968 bits per heavy atom. The van der Waals surface area contributed by atoms with Crippen LogP contribution < -0.4 is 4.74 Å². The van der Waals surface area contributed by atoms with E-state index < -0.39 is 0 Å². The van der Waals surface area contributed by atoms with Gasteiger partial charge in [0.25, 0.3) is 0 Å². The fraction of sp³-hybridized carbons (Fsp3) is 0.0769. The third-order valence-corrected chi connectivity index (χ3v) is 5.80. The number of ether oxygens (including phenoxy) is 1. The second kappa shape index (κ2) is 7.79. The molecular formula is C26H18ClN3O. The van der Waals surface area contributed by atoms with E-state index in [-0.39, 0.29) is 0 Å². The highest BCUT2D eigenvalue weighted by Gasteiger charge is 2.20. The molecule has 5 heteroatoms. The van der Waals surface area contributed by atoms with Crippen molar-refractivity contribution < 1.29 is 4.74 Å². The molecule has 0 aliphatic heterocycles. The summed E-state index contributed by atoms with van der Waals surface area (Å²) in [5, 5.41) is 10.4. The number of imidazole rings is 1. The number of hydrogen-bond donors (Lipinski definition) is 0. The average molecular weight is 424 g/mol. The molecule has 0 fully saturated rings. The molecule has 0 saturated carbocycles. The second-order valence-electron chi connectivity index (χ2n) is 7.34. The largest absolute Gasteiger partial charge is 0.489 e.